The van der Waals surface area contributed by atoms with Gasteiger partial charge in [-0.1, -0.05) is 11.2 Å². The minimum atomic E-state index is 0.000140. The quantitative estimate of drug-likeness (QED) is 0.465. The van der Waals surface area contributed by atoms with Crippen molar-refractivity contribution in [1.29, 1.82) is 0 Å². The van der Waals surface area contributed by atoms with Gasteiger partial charge in [0, 0.05) is 42.5 Å². The maximum absolute atomic E-state index is 12.8. The Morgan fingerprint density at radius 2 is 1.97 bits per heavy atom. The van der Waals surface area contributed by atoms with Crippen LogP contribution in [0.4, 0.5) is 0 Å². The lowest BCUT2D eigenvalue weighted by atomic mass is 10.3. The number of thiophene rings is 2. The topological polar surface area (TPSA) is 75.4 Å². The smallest absolute Gasteiger partial charge is 0.273 e. The average molecular weight is 444 g/mol. The first kappa shape index (κ1) is 18.6. The molecule has 0 saturated carbocycles. The molecule has 1 fully saturated rings. The molecule has 0 atom stereocenters. The van der Waals surface area contributed by atoms with E-state index in [1.807, 2.05) is 44.6 Å². The Balaban J connectivity index is 1.17. The number of amides is 1. The second kappa shape index (κ2) is 8.15. The van der Waals surface area contributed by atoms with Crippen molar-refractivity contribution in [3.05, 3.63) is 51.3 Å². The highest BCUT2D eigenvalue weighted by Gasteiger charge is 2.25. The van der Waals surface area contributed by atoms with Crippen LogP contribution in [0.15, 0.2) is 44.2 Å². The van der Waals surface area contributed by atoms with E-state index in [-0.39, 0.29) is 5.91 Å². The summed E-state index contributed by atoms with van der Waals surface area (Å²) in [5.41, 5.74) is 1.60. The number of nitrogens with zero attached hydrogens (tertiary/aromatic N) is 5. The summed E-state index contributed by atoms with van der Waals surface area (Å²) >= 11 is 4.74. The molecule has 1 aliphatic heterocycles. The molecule has 0 aromatic carbocycles. The summed E-state index contributed by atoms with van der Waals surface area (Å²) < 4.78 is 5.39. The Bertz CT molecular complexity index is 1080. The molecule has 29 heavy (non-hydrogen) atoms. The van der Waals surface area contributed by atoms with Crippen LogP contribution in [0.3, 0.4) is 0 Å². The molecule has 4 aromatic heterocycles. The standard InChI is InChI=1S/C19H17N5O2S3/c25-19(14-12-29-18(20-14)13-3-9-27-11-13)24-6-4-23(5-7-24)10-16-21-17(22-26-16)15-2-1-8-28-15/h1-3,8-9,11-12H,4-7,10H2. The molecule has 5 heterocycles. The number of rotatable bonds is 5. The van der Waals surface area contributed by atoms with E-state index in [4.69, 9.17) is 4.52 Å². The van der Waals surface area contributed by atoms with E-state index >= 15 is 0 Å². The number of hydrogen-bond acceptors (Lipinski definition) is 9. The highest BCUT2D eigenvalue weighted by molar-refractivity contribution is 7.14. The van der Waals surface area contributed by atoms with Crippen LogP contribution >= 0.6 is 34.0 Å². The molecule has 5 rings (SSSR count). The van der Waals surface area contributed by atoms with Crippen molar-refractivity contribution in [2.45, 2.75) is 6.54 Å². The summed E-state index contributed by atoms with van der Waals surface area (Å²) in [7, 11) is 0. The maximum atomic E-state index is 12.8. The van der Waals surface area contributed by atoms with Crippen LogP contribution in [0.1, 0.15) is 16.4 Å². The fourth-order valence-corrected chi connectivity index (χ4v) is 5.33. The molecule has 1 aliphatic rings. The molecule has 10 heteroatoms. The Labute approximate surface area is 179 Å². The van der Waals surface area contributed by atoms with Gasteiger partial charge in [0.1, 0.15) is 10.7 Å². The van der Waals surface area contributed by atoms with E-state index in [2.05, 4.69) is 20.0 Å². The third-order valence-electron chi connectivity index (χ3n) is 4.72. The summed E-state index contributed by atoms with van der Waals surface area (Å²) in [5.74, 6) is 1.24. The van der Waals surface area contributed by atoms with Gasteiger partial charge in [0.05, 0.1) is 11.4 Å². The summed E-state index contributed by atoms with van der Waals surface area (Å²) in [6, 6.07) is 5.97. The first-order valence-electron chi connectivity index (χ1n) is 9.12. The van der Waals surface area contributed by atoms with Crippen molar-refractivity contribution in [2.75, 3.05) is 26.2 Å². The third-order valence-corrected chi connectivity index (χ3v) is 7.16. The molecule has 0 N–H and O–H groups in total. The molecule has 7 nitrogen and oxygen atoms in total. The lowest BCUT2D eigenvalue weighted by molar-refractivity contribution is 0.0610. The van der Waals surface area contributed by atoms with Crippen molar-refractivity contribution in [3.8, 4) is 21.3 Å². The molecule has 0 aliphatic carbocycles. The second-order valence-electron chi connectivity index (χ2n) is 6.61. The number of aromatic nitrogens is 3. The van der Waals surface area contributed by atoms with Crippen LogP contribution in [-0.4, -0.2) is 57.0 Å². The van der Waals surface area contributed by atoms with Crippen LogP contribution in [0, 0.1) is 0 Å². The number of thiazole rings is 1. The van der Waals surface area contributed by atoms with Gasteiger partial charge in [-0.25, -0.2) is 4.98 Å². The molecule has 148 valence electrons. The predicted octanol–water partition coefficient (Wildman–Crippen LogP) is 3.94. The van der Waals surface area contributed by atoms with E-state index in [0.717, 1.165) is 28.5 Å². The number of hydrogen-bond donors (Lipinski definition) is 0. The van der Waals surface area contributed by atoms with E-state index in [0.29, 0.717) is 37.0 Å². The van der Waals surface area contributed by atoms with Crippen molar-refractivity contribution in [1.82, 2.24) is 24.9 Å². The van der Waals surface area contributed by atoms with Crippen LogP contribution in [0.5, 0.6) is 0 Å². The highest BCUT2D eigenvalue weighted by atomic mass is 32.1. The molecule has 0 unspecified atom stereocenters. The minimum Gasteiger partial charge on any atom is -0.338 e. The van der Waals surface area contributed by atoms with E-state index < -0.39 is 0 Å². The Hall–Kier alpha value is -2.40. The lowest BCUT2D eigenvalue weighted by Crippen LogP contribution is -2.48. The fourth-order valence-electron chi connectivity index (χ4n) is 3.18. The maximum Gasteiger partial charge on any atom is 0.273 e. The van der Waals surface area contributed by atoms with Crippen LogP contribution in [0.2, 0.25) is 0 Å². The van der Waals surface area contributed by atoms with Gasteiger partial charge in [0.15, 0.2) is 0 Å². The summed E-state index contributed by atoms with van der Waals surface area (Å²) in [6.45, 7) is 3.46. The fraction of sp³-hybridized carbons (Fsp3) is 0.263. The first-order chi connectivity index (χ1) is 14.3. The number of piperazine rings is 1. The van der Waals surface area contributed by atoms with Crippen LogP contribution in [0.25, 0.3) is 21.3 Å². The van der Waals surface area contributed by atoms with Gasteiger partial charge in [0.25, 0.3) is 5.91 Å². The molecular weight excluding hydrogens is 426 g/mol. The van der Waals surface area contributed by atoms with E-state index in [9.17, 15) is 4.79 Å². The monoisotopic (exact) mass is 443 g/mol. The third kappa shape index (κ3) is 4.01. The average Bonchev–Trinajstić information content (AvgIpc) is 3.55. The Kier molecular flexibility index (Phi) is 5.23. The first-order valence-corrected chi connectivity index (χ1v) is 11.8. The summed E-state index contributed by atoms with van der Waals surface area (Å²) in [5, 5.41) is 12.9. The molecule has 0 bridgehead atoms. The molecule has 1 saturated heterocycles. The van der Waals surface area contributed by atoms with E-state index in [1.165, 1.54) is 11.3 Å². The summed E-state index contributed by atoms with van der Waals surface area (Å²) in [4.78, 5) is 26.9. The van der Waals surface area contributed by atoms with Crippen molar-refractivity contribution >= 4 is 39.9 Å². The van der Waals surface area contributed by atoms with Gasteiger partial charge < -0.3 is 9.42 Å². The SMILES string of the molecule is O=C(c1csc(-c2ccsc2)n1)N1CCN(Cc2nc(-c3cccs3)no2)CC1. The van der Waals surface area contributed by atoms with Gasteiger partial charge in [0.2, 0.25) is 11.7 Å². The van der Waals surface area contributed by atoms with Gasteiger partial charge in [-0.15, -0.1) is 22.7 Å². The zero-order valence-corrected chi connectivity index (χ0v) is 17.8. The van der Waals surface area contributed by atoms with Crippen LogP contribution in [-0.2, 0) is 6.54 Å². The zero-order chi connectivity index (χ0) is 19.6. The van der Waals surface area contributed by atoms with Crippen molar-refractivity contribution < 1.29 is 9.32 Å². The van der Waals surface area contributed by atoms with Crippen molar-refractivity contribution in [2.24, 2.45) is 0 Å². The normalized spacial score (nSPS) is 15.1. The number of carbonyl (C=O) groups excluding carboxylic acids is 1. The molecule has 0 spiro atoms. The zero-order valence-electron chi connectivity index (χ0n) is 15.4. The Morgan fingerprint density at radius 3 is 2.72 bits per heavy atom. The van der Waals surface area contributed by atoms with Gasteiger partial charge in [-0.2, -0.15) is 16.3 Å². The van der Waals surface area contributed by atoms with Crippen molar-refractivity contribution in [3.63, 3.8) is 0 Å². The molecule has 0 radical (unpaired) electrons. The minimum absolute atomic E-state index is 0.000140. The highest BCUT2D eigenvalue weighted by Crippen LogP contribution is 2.26. The van der Waals surface area contributed by atoms with Gasteiger partial charge in [-0.3, -0.25) is 9.69 Å². The van der Waals surface area contributed by atoms with E-state index in [1.54, 1.807) is 22.7 Å². The number of carbonyl (C=O) groups is 1. The Morgan fingerprint density at radius 1 is 1.07 bits per heavy atom. The largest absolute Gasteiger partial charge is 0.338 e. The molecule has 4 aromatic rings. The van der Waals surface area contributed by atoms with Gasteiger partial charge in [-0.05, 0) is 22.9 Å². The predicted molar refractivity (Wildman–Crippen MR) is 114 cm³/mol. The van der Waals surface area contributed by atoms with Gasteiger partial charge >= 0.3 is 0 Å². The van der Waals surface area contributed by atoms with Crippen LogP contribution < -0.4 is 0 Å². The summed E-state index contributed by atoms with van der Waals surface area (Å²) in [6.07, 6.45) is 0. The second-order valence-corrected chi connectivity index (χ2v) is 9.19. The lowest BCUT2D eigenvalue weighted by Gasteiger charge is -2.33. The molecule has 1 amide bonds. The molecular formula is C19H17N5O2S3.